The van der Waals surface area contributed by atoms with Crippen LogP contribution in [0, 0.1) is 0 Å². The van der Waals surface area contributed by atoms with Crippen molar-refractivity contribution in [3.05, 3.63) is 41.9 Å². The average Bonchev–Trinajstić information content (AvgIpc) is 2.96. The molecule has 0 bridgehead atoms. The molecule has 6 heteroatoms. The van der Waals surface area contributed by atoms with Crippen molar-refractivity contribution in [2.24, 2.45) is 0 Å². The van der Waals surface area contributed by atoms with Crippen molar-refractivity contribution in [1.82, 2.24) is 9.97 Å². The highest BCUT2D eigenvalue weighted by atomic mass is 16.5. The summed E-state index contributed by atoms with van der Waals surface area (Å²) in [5, 5.41) is 12.2. The summed E-state index contributed by atoms with van der Waals surface area (Å²) in [6.45, 7) is 0.204. The van der Waals surface area contributed by atoms with Gasteiger partial charge in [-0.15, -0.1) is 0 Å². The number of anilines is 1. The van der Waals surface area contributed by atoms with Crippen molar-refractivity contribution < 1.29 is 14.6 Å². The summed E-state index contributed by atoms with van der Waals surface area (Å²) in [6, 6.07) is 5.91. The van der Waals surface area contributed by atoms with Gasteiger partial charge in [0.25, 0.3) is 0 Å². The Hall–Kier alpha value is -2.34. The van der Waals surface area contributed by atoms with E-state index in [4.69, 9.17) is 14.6 Å². The van der Waals surface area contributed by atoms with Crippen LogP contribution in [0.3, 0.4) is 0 Å². The lowest BCUT2D eigenvalue weighted by molar-refractivity contribution is 0.196. The van der Waals surface area contributed by atoms with Crippen LogP contribution in [0.15, 0.2) is 30.6 Å². The van der Waals surface area contributed by atoms with Gasteiger partial charge in [0, 0.05) is 18.8 Å². The molecule has 0 aliphatic carbocycles. The van der Waals surface area contributed by atoms with Gasteiger partial charge in [-0.05, 0) is 17.7 Å². The van der Waals surface area contributed by atoms with Gasteiger partial charge in [-0.1, -0.05) is 6.07 Å². The summed E-state index contributed by atoms with van der Waals surface area (Å²) in [6.07, 6.45) is 4.17. The molecule has 1 aliphatic rings. The number of hydrogen-bond donors (Lipinski definition) is 2. The topological polar surface area (TPSA) is 76.5 Å². The van der Waals surface area contributed by atoms with Crippen LogP contribution in [0.5, 0.6) is 11.5 Å². The minimum absolute atomic E-state index is 0.0334. The second-order valence-corrected chi connectivity index (χ2v) is 4.74. The zero-order valence-corrected chi connectivity index (χ0v) is 11.7. The maximum absolute atomic E-state index is 8.90. The quantitative estimate of drug-likeness (QED) is 0.869. The van der Waals surface area contributed by atoms with Crippen molar-refractivity contribution in [1.29, 1.82) is 0 Å². The lowest BCUT2D eigenvalue weighted by Gasteiger charge is -2.15. The van der Waals surface area contributed by atoms with Crippen molar-refractivity contribution in [3.8, 4) is 11.5 Å². The van der Waals surface area contributed by atoms with Crippen LogP contribution in [0.1, 0.15) is 17.3 Å². The van der Waals surface area contributed by atoms with Gasteiger partial charge in [-0.3, -0.25) is 4.98 Å². The van der Waals surface area contributed by atoms with Gasteiger partial charge in [0.15, 0.2) is 11.5 Å². The molecule has 0 fully saturated rings. The Balaban J connectivity index is 1.83. The molecule has 1 aliphatic heterocycles. The van der Waals surface area contributed by atoms with E-state index >= 15 is 0 Å². The van der Waals surface area contributed by atoms with Crippen molar-refractivity contribution >= 4 is 5.82 Å². The molecule has 110 valence electrons. The van der Waals surface area contributed by atoms with Gasteiger partial charge in [0.2, 0.25) is 0 Å². The smallest absolute Gasteiger partial charge is 0.161 e. The molecule has 1 unspecified atom stereocenters. The normalized spacial score (nSPS) is 16.2. The summed E-state index contributed by atoms with van der Waals surface area (Å²) in [7, 11) is 1.60. The second kappa shape index (κ2) is 5.97. The van der Waals surface area contributed by atoms with Gasteiger partial charge in [-0.25, -0.2) is 4.98 Å². The first-order valence-electron chi connectivity index (χ1n) is 6.80. The predicted octanol–water partition coefficient (Wildman–Crippen LogP) is 1.57. The number of aromatic nitrogens is 2. The fraction of sp³-hybridized carbons (Fsp3) is 0.333. The number of fused-ring (bicyclic) bond motifs is 1. The molecule has 1 atom stereocenters. The SMILES string of the molecule is COc1ccc(C2Cc3nccnc3N2)cc1OCCO. The third kappa shape index (κ3) is 2.75. The molecule has 1 aromatic carbocycles. The molecule has 6 nitrogen and oxygen atoms in total. The highest BCUT2D eigenvalue weighted by Gasteiger charge is 2.24. The zero-order chi connectivity index (χ0) is 14.7. The number of ether oxygens (including phenoxy) is 2. The van der Waals surface area contributed by atoms with Crippen LogP contribution in [0.25, 0.3) is 0 Å². The zero-order valence-electron chi connectivity index (χ0n) is 11.7. The van der Waals surface area contributed by atoms with Gasteiger partial charge in [0.05, 0.1) is 25.5 Å². The monoisotopic (exact) mass is 287 g/mol. The Bertz CT molecular complexity index is 608. The molecule has 0 spiro atoms. The molecule has 2 aromatic rings. The Kier molecular flexibility index (Phi) is 3.87. The van der Waals surface area contributed by atoms with Crippen LogP contribution >= 0.6 is 0 Å². The van der Waals surface area contributed by atoms with E-state index in [1.165, 1.54) is 0 Å². The third-order valence-electron chi connectivity index (χ3n) is 3.42. The number of aliphatic hydroxyl groups excluding tert-OH is 1. The lowest BCUT2D eigenvalue weighted by atomic mass is 10.0. The molecule has 2 heterocycles. The van der Waals surface area contributed by atoms with E-state index in [2.05, 4.69) is 15.3 Å². The van der Waals surface area contributed by atoms with Crippen LogP contribution in [0.2, 0.25) is 0 Å². The van der Waals surface area contributed by atoms with E-state index in [1.54, 1.807) is 19.5 Å². The fourth-order valence-electron chi connectivity index (χ4n) is 2.43. The average molecular weight is 287 g/mol. The number of rotatable bonds is 5. The van der Waals surface area contributed by atoms with E-state index in [0.29, 0.717) is 11.5 Å². The molecule has 0 saturated carbocycles. The van der Waals surface area contributed by atoms with E-state index < -0.39 is 0 Å². The molecule has 0 saturated heterocycles. The molecule has 2 N–H and O–H groups in total. The number of nitrogens with one attached hydrogen (secondary N) is 1. The van der Waals surface area contributed by atoms with E-state index in [-0.39, 0.29) is 19.3 Å². The van der Waals surface area contributed by atoms with E-state index in [0.717, 1.165) is 23.5 Å². The number of aliphatic hydroxyl groups is 1. The van der Waals surface area contributed by atoms with E-state index in [9.17, 15) is 0 Å². The first-order chi connectivity index (χ1) is 10.3. The van der Waals surface area contributed by atoms with Crippen molar-refractivity contribution in [2.75, 3.05) is 25.6 Å². The highest BCUT2D eigenvalue weighted by Crippen LogP contribution is 2.35. The number of nitrogens with zero attached hydrogens (tertiary/aromatic N) is 2. The molecule has 3 rings (SSSR count). The fourth-order valence-corrected chi connectivity index (χ4v) is 2.43. The van der Waals surface area contributed by atoms with Crippen molar-refractivity contribution in [2.45, 2.75) is 12.5 Å². The third-order valence-corrected chi connectivity index (χ3v) is 3.42. The number of hydrogen-bond acceptors (Lipinski definition) is 6. The molecule has 0 radical (unpaired) electrons. The first-order valence-corrected chi connectivity index (χ1v) is 6.80. The van der Waals surface area contributed by atoms with Gasteiger partial charge in [-0.2, -0.15) is 0 Å². The minimum atomic E-state index is -0.0334. The molecular formula is C15H17N3O3. The first kappa shape index (κ1) is 13.6. The largest absolute Gasteiger partial charge is 0.493 e. The van der Waals surface area contributed by atoms with Crippen LogP contribution in [-0.2, 0) is 6.42 Å². The summed E-state index contributed by atoms with van der Waals surface area (Å²) < 4.78 is 10.8. The summed E-state index contributed by atoms with van der Waals surface area (Å²) in [5.41, 5.74) is 2.04. The predicted molar refractivity (Wildman–Crippen MR) is 77.7 cm³/mol. The minimum Gasteiger partial charge on any atom is -0.493 e. The molecular weight excluding hydrogens is 270 g/mol. The van der Waals surface area contributed by atoms with Crippen LogP contribution in [-0.4, -0.2) is 35.4 Å². The molecule has 0 amide bonds. The Morgan fingerprint density at radius 3 is 2.90 bits per heavy atom. The van der Waals surface area contributed by atoms with Gasteiger partial charge < -0.3 is 19.9 Å². The van der Waals surface area contributed by atoms with Gasteiger partial charge in [0.1, 0.15) is 12.4 Å². The summed E-state index contributed by atoms with van der Waals surface area (Å²) in [5.74, 6) is 2.11. The number of methoxy groups -OCH3 is 1. The number of benzene rings is 1. The molecule has 1 aromatic heterocycles. The highest BCUT2D eigenvalue weighted by molar-refractivity contribution is 5.52. The molecule has 21 heavy (non-hydrogen) atoms. The second-order valence-electron chi connectivity index (χ2n) is 4.74. The Morgan fingerprint density at radius 2 is 2.14 bits per heavy atom. The maximum atomic E-state index is 8.90. The van der Waals surface area contributed by atoms with Crippen LogP contribution in [0.4, 0.5) is 5.82 Å². The lowest BCUT2D eigenvalue weighted by Crippen LogP contribution is -2.08. The van der Waals surface area contributed by atoms with E-state index in [1.807, 2.05) is 18.2 Å². The maximum Gasteiger partial charge on any atom is 0.161 e. The summed E-state index contributed by atoms with van der Waals surface area (Å²) in [4.78, 5) is 8.60. The Labute approximate surface area is 122 Å². The van der Waals surface area contributed by atoms with Gasteiger partial charge >= 0.3 is 0 Å². The van der Waals surface area contributed by atoms with Crippen LogP contribution < -0.4 is 14.8 Å². The van der Waals surface area contributed by atoms with Crippen molar-refractivity contribution in [3.63, 3.8) is 0 Å². The Morgan fingerprint density at radius 1 is 1.29 bits per heavy atom. The standard InChI is InChI=1S/C15H17N3O3/c1-20-13-3-2-10(8-14(13)21-7-6-19)11-9-12-15(18-11)17-5-4-16-12/h2-5,8,11,19H,6-7,9H2,1H3,(H,17,18). The summed E-state index contributed by atoms with van der Waals surface area (Å²) >= 11 is 0.